The van der Waals surface area contributed by atoms with Crippen molar-refractivity contribution >= 4 is 27.7 Å². The lowest BCUT2D eigenvalue weighted by atomic mass is 10.0. The summed E-state index contributed by atoms with van der Waals surface area (Å²) in [6, 6.07) is 2.70. The van der Waals surface area contributed by atoms with E-state index in [2.05, 4.69) is 4.90 Å². The molecule has 0 unspecified atom stereocenters. The normalized spacial score (nSPS) is 12.1. The molecule has 9 heteroatoms. The van der Waals surface area contributed by atoms with Crippen LogP contribution in [0.1, 0.15) is 24.5 Å². The lowest BCUT2D eigenvalue weighted by Crippen LogP contribution is -2.24. The van der Waals surface area contributed by atoms with Gasteiger partial charge in [-0.3, -0.25) is 4.79 Å². The largest absolute Gasteiger partial charge is 0.419 e. The summed E-state index contributed by atoms with van der Waals surface area (Å²) < 4.78 is 55.1. The van der Waals surface area contributed by atoms with Gasteiger partial charge in [0.05, 0.1) is 17.5 Å². The van der Waals surface area contributed by atoms with Crippen LogP contribution in [0, 0.1) is 5.82 Å². The molecule has 0 atom stereocenters. The highest BCUT2D eigenvalue weighted by molar-refractivity contribution is 7.18. The summed E-state index contributed by atoms with van der Waals surface area (Å²) in [6.07, 6.45) is -1.70. The van der Waals surface area contributed by atoms with Gasteiger partial charge in [0.2, 0.25) is 0 Å². The zero-order chi connectivity index (χ0) is 22.1. The van der Waals surface area contributed by atoms with E-state index in [0.29, 0.717) is 23.1 Å². The molecule has 0 spiro atoms. The zero-order valence-corrected chi connectivity index (χ0v) is 17.2. The number of hydrogen-bond acceptors (Lipinski definition) is 4. The van der Waals surface area contributed by atoms with Gasteiger partial charge in [-0.05, 0) is 37.7 Å². The number of nitrogens with zero attached hydrogens (tertiary/aromatic N) is 2. The molecular formula is C21H20F4N2O2S. The third-order valence-corrected chi connectivity index (χ3v) is 5.82. The molecule has 0 fully saturated rings. The van der Waals surface area contributed by atoms with Crippen molar-refractivity contribution in [2.75, 3.05) is 13.6 Å². The molecule has 0 aliphatic rings. The van der Waals surface area contributed by atoms with Crippen LogP contribution in [0.3, 0.4) is 0 Å². The number of alkyl halides is 3. The van der Waals surface area contributed by atoms with E-state index in [1.165, 1.54) is 22.0 Å². The van der Waals surface area contributed by atoms with Gasteiger partial charge in [-0.2, -0.15) is 13.2 Å². The summed E-state index contributed by atoms with van der Waals surface area (Å²) in [7, 11) is 1.93. The summed E-state index contributed by atoms with van der Waals surface area (Å²) >= 11 is 1.25. The van der Waals surface area contributed by atoms with E-state index in [9.17, 15) is 27.2 Å². The highest BCUT2D eigenvalue weighted by Crippen LogP contribution is 2.38. The second-order valence-electron chi connectivity index (χ2n) is 7.06. The highest BCUT2D eigenvalue weighted by Gasteiger charge is 2.34. The molecule has 0 aliphatic heterocycles. The topological polar surface area (TPSA) is 42.3 Å². The number of fused-ring (bicyclic) bond motifs is 1. The van der Waals surface area contributed by atoms with E-state index in [1.54, 1.807) is 11.6 Å². The fraction of sp³-hybridized carbons (Fsp3) is 0.333. The average Bonchev–Trinajstić information content (AvgIpc) is 3.11. The number of hydrogen-bond donors (Lipinski definition) is 0. The Morgan fingerprint density at radius 3 is 2.63 bits per heavy atom. The Hall–Kier alpha value is -2.52. The molecule has 0 N–H and O–H groups in total. The minimum atomic E-state index is -4.85. The number of benzene rings is 1. The Kier molecular flexibility index (Phi) is 6.42. The Morgan fingerprint density at radius 2 is 2.00 bits per heavy atom. The van der Waals surface area contributed by atoms with E-state index >= 15 is 0 Å². The van der Waals surface area contributed by atoms with Crippen LogP contribution in [-0.2, 0) is 24.1 Å². The van der Waals surface area contributed by atoms with Gasteiger partial charge >= 0.3 is 6.18 Å². The van der Waals surface area contributed by atoms with Gasteiger partial charge in [0, 0.05) is 33.9 Å². The Morgan fingerprint density at radius 1 is 1.27 bits per heavy atom. The van der Waals surface area contributed by atoms with Gasteiger partial charge in [0.15, 0.2) is 0 Å². The monoisotopic (exact) mass is 440 g/mol. The molecule has 0 bridgehead atoms. The number of aromatic nitrogens is 1. The van der Waals surface area contributed by atoms with E-state index in [1.807, 2.05) is 14.0 Å². The molecule has 160 valence electrons. The zero-order valence-electron chi connectivity index (χ0n) is 16.4. The van der Waals surface area contributed by atoms with Crippen LogP contribution >= 0.6 is 11.3 Å². The van der Waals surface area contributed by atoms with Gasteiger partial charge in [0.25, 0.3) is 5.56 Å². The lowest BCUT2D eigenvalue weighted by molar-refractivity contribution is -0.139. The molecule has 0 radical (unpaired) electrons. The maximum absolute atomic E-state index is 13.7. The van der Waals surface area contributed by atoms with Crippen LogP contribution in [0.15, 0.2) is 34.6 Å². The van der Waals surface area contributed by atoms with Crippen molar-refractivity contribution in [1.29, 1.82) is 0 Å². The van der Waals surface area contributed by atoms with Crippen LogP contribution < -0.4 is 5.56 Å². The minimum absolute atomic E-state index is 0.101. The average molecular weight is 440 g/mol. The van der Waals surface area contributed by atoms with Crippen LogP contribution in [0.25, 0.3) is 21.2 Å². The van der Waals surface area contributed by atoms with Crippen molar-refractivity contribution in [3.05, 3.63) is 57.1 Å². The molecule has 0 saturated carbocycles. The quantitative estimate of drug-likeness (QED) is 0.387. The Labute approximate surface area is 174 Å². The first-order valence-corrected chi connectivity index (χ1v) is 10.2. The predicted molar refractivity (Wildman–Crippen MR) is 109 cm³/mol. The predicted octanol–water partition coefficient (Wildman–Crippen LogP) is 4.93. The van der Waals surface area contributed by atoms with Crippen molar-refractivity contribution in [3.63, 3.8) is 0 Å². The smallest absolute Gasteiger partial charge is 0.307 e. The fourth-order valence-electron chi connectivity index (χ4n) is 3.46. The van der Waals surface area contributed by atoms with E-state index in [4.69, 9.17) is 0 Å². The molecule has 0 aliphatic carbocycles. The molecule has 2 aromatic heterocycles. The molecule has 2 heterocycles. The lowest BCUT2D eigenvalue weighted by Gasteiger charge is -2.17. The molecule has 30 heavy (non-hydrogen) atoms. The first-order valence-electron chi connectivity index (χ1n) is 9.30. The van der Waals surface area contributed by atoms with Crippen LogP contribution in [0.5, 0.6) is 0 Å². The summed E-state index contributed by atoms with van der Waals surface area (Å²) in [6.45, 7) is 3.21. The minimum Gasteiger partial charge on any atom is -0.307 e. The second kappa shape index (κ2) is 8.69. The number of halogens is 4. The Balaban J connectivity index is 2.24. The number of aldehydes is 1. The molecule has 1 aromatic carbocycles. The number of carbonyl (C=O) groups excluding carboxylic acids is 1. The molecular weight excluding hydrogens is 420 g/mol. The van der Waals surface area contributed by atoms with Gasteiger partial charge in [-0.15, -0.1) is 11.3 Å². The number of rotatable bonds is 7. The van der Waals surface area contributed by atoms with Gasteiger partial charge in [-0.1, -0.05) is 13.0 Å². The summed E-state index contributed by atoms with van der Waals surface area (Å²) in [5, 5.41) is 1.84. The third-order valence-electron chi connectivity index (χ3n) is 4.77. The van der Waals surface area contributed by atoms with Crippen molar-refractivity contribution in [2.24, 2.45) is 0 Å². The summed E-state index contributed by atoms with van der Waals surface area (Å²) in [4.78, 5) is 26.1. The van der Waals surface area contributed by atoms with Crippen molar-refractivity contribution < 1.29 is 22.4 Å². The highest BCUT2D eigenvalue weighted by atomic mass is 32.1. The van der Waals surface area contributed by atoms with Crippen LogP contribution in [-0.4, -0.2) is 29.3 Å². The summed E-state index contributed by atoms with van der Waals surface area (Å²) in [5.74, 6) is -1.37. The fourth-order valence-corrected chi connectivity index (χ4v) is 4.53. The van der Waals surface area contributed by atoms with E-state index in [0.717, 1.165) is 30.7 Å². The van der Waals surface area contributed by atoms with Gasteiger partial charge < -0.3 is 14.3 Å². The van der Waals surface area contributed by atoms with Gasteiger partial charge in [-0.25, -0.2) is 4.39 Å². The standard InChI is InChI=1S/C21H20F4N2O2S/c1-3-6-26(2)10-14-11-27(7-8-28)20(29)18-15(12-30-19(14)18)13-4-5-17(22)16(9-13)21(23,24)25/h4-5,8-9,11-12H,3,6-7,10H2,1-2H3. The third kappa shape index (κ3) is 4.32. The maximum Gasteiger partial charge on any atom is 0.419 e. The molecule has 4 nitrogen and oxygen atoms in total. The maximum atomic E-state index is 13.7. The number of pyridine rings is 1. The molecule has 3 rings (SSSR count). The number of carbonyl (C=O) groups is 1. The first-order chi connectivity index (χ1) is 14.2. The van der Waals surface area contributed by atoms with Crippen molar-refractivity contribution in [1.82, 2.24) is 9.47 Å². The van der Waals surface area contributed by atoms with Crippen molar-refractivity contribution in [2.45, 2.75) is 32.6 Å². The number of thiophene rings is 1. The SMILES string of the molecule is CCCN(C)Cc1cn(CC=O)c(=O)c2c(-c3ccc(F)c(C(F)(F)F)c3)csc12. The second-order valence-corrected chi connectivity index (χ2v) is 7.94. The molecule has 0 amide bonds. The first kappa shape index (κ1) is 22.2. The Bertz CT molecular complexity index is 1130. The van der Waals surface area contributed by atoms with E-state index in [-0.39, 0.29) is 17.5 Å². The molecule has 3 aromatic rings. The summed E-state index contributed by atoms with van der Waals surface area (Å²) in [5.41, 5.74) is -0.648. The van der Waals surface area contributed by atoms with E-state index < -0.39 is 23.1 Å². The van der Waals surface area contributed by atoms with Crippen molar-refractivity contribution in [3.8, 4) is 11.1 Å². The van der Waals surface area contributed by atoms with Gasteiger partial charge in [0.1, 0.15) is 12.1 Å². The van der Waals surface area contributed by atoms with Crippen LogP contribution in [0.2, 0.25) is 0 Å². The van der Waals surface area contributed by atoms with Crippen LogP contribution in [0.4, 0.5) is 17.6 Å². The molecule has 0 saturated heterocycles.